The number of piperidine rings is 1. The third-order valence-electron chi connectivity index (χ3n) is 5.67. The van der Waals surface area contributed by atoms with Gasteiger partial charge in [-0.25, -0.2) is 4.79 Å². The number of thioether (sulfide) groups is 1. The number of likely N-dealkylation sites (tertiary alicyclic amines) is 1. The first kappa shape index (κ1) is 24.4. The molecule has 176 valence electrons. The number of anilines is 1. The Kier molecular flexibility index (Phi) is 7.43. The third-order valence-corrected chi connectivity index (χ3v) is 6.85. The van der Waals surface area contributed by atoms with E-state index in [0.717, 1.165) is 17.7 Å². The Morgan fingerprint density at radius 1 is 1.31 bits per heavy atom. The first-order chi connectivity index (χ1) is 14.9. The number of fused-ring (bicyclic) bond motifs is 1. The molecule has 2 aliphatic rings. The summed E-state index contributed by atoms with van der Waals surface area (Å²) >= 11 is 1.51. The smallest absolute Gasteiger partial charge is 0.410 e. The van der Waals surface area contributed by atoms with Gasteiger partial charge in [-0.05, 0) is 78.5 Å². The van der Waals surface area contributed by atoms with Crippen molar-refractivity contribution < 1.29 is 19.1 Å². The van der Waals surface area contributed by atoms with Crippen molar-refractivity contribution in [1.29, 1.82) is 0 Å². The maximum absolute atomic E-state index is 13.2. The first-order valence-corrected chi connectivity index (χ1v) is 12.2. The highest BCUT2D eigenvalue weighted by molar-refractivity contribution is 8.00. The molecule has 1 saturated heterocycles. The molecule has 1 fully saturated rings. The largest absolute Gasteiger partial charge is 0.444 e. The minimum atomic E-state index is -0.545. The van der Waals surface area contributed by atoms with E-state index in [1.807, 2.05) is 58.6 Å². The zero-order valence-corrected chi connectivity index (χ0v) is 20.8. The van der Waals surface area contributed by atoms with E-state index < -0.39 is 5.60 Å². The van der Waals surface area contributed by atoms with Crippen LogP contribution in [0, 0.1) is 5.92 Å². The fraction of sp³-hybridized carbons (Fsp3) is 0.625. The molecule has 1 aromatic carbocycles. The number of carbonyl (C=O) groups is 3. The molecule has 1 N–H and O–H groups in total. The van der Waals surface area contributed by atoms with Crippen LogP contribution in [0.25, 0.3) is 0 Å². The second-order valence-electron chi connectivity index (χ2n) is 9.95. The van der Waals surface area contributed by atoms with E-state index >= 15 is 0 Å². The van der Waals surface area contributed by atoms with Gasteiger partial charge in [0.15, 0.2) is 0 Å². The number of nitrogens with one attached hydrogen (secondary N) is 1. The van der Waals surface area contributed by atoms with E-state index in [4.69, 9.17) is 4.74 Å². The first-order valence-electron chi connectivity index (χ1n) is 11.3. The summed E-state index contributed by atoms with van der Waals surface area (Å²) < 4.78 is 5.59. The highest BCUT2D eigenvalue weighted by atomic mass is 32.2. The molecule has 3 rings (SSSR count). The second-order valence-corrected chi connectivity index (χ2v) is 11.3. The van der Waals surface area contributed by atoms with Gasteiger partial charge in [0, 0.05) is 36.1 Å². The fourth-order valence-electron chi connectivity index (χ4n) is 4.02. The van der Waals surface area contributed by atoms with Crippen LogP contribution in [0.4, 0.5) is 10.5 Å². The van der Waals surface area contributed by atoms with Crippen LogP contribution in [0.5, 0.6) is 0 Å². The van der Waals surface area contributed by atoms with Crippen molar-refractivity contribution in [2.75, 3.05) is 25.0 Å². The van der Waals surface area contributed by atoms with E-state index in [9.17, 15) is 14.4 Å². The van der Waals surface area contributed by atoms with Crippen LogP contribution in [0.2, 0.25) is 0 Å². The summed E-state index contributed by atoms with van der Waals surface area (Å²) in [6.45, 7) is 13.3. The van der Waals surface area contributed by atoms with Gasteiger partial charge in [0.1, 0.15) is 5.60 Å². The monoisotopic (exact) mass is 461 g/mol. The predicted molar refractivity (Wildman–Crippen MR) is 127 cm³/mol. The Morgan fingerprint density at radius 3 is 2.69 bits per heavy atom. The number of amides is 3. The standard InChI is InChI=1S/C24H35N3O4S/c1-15(2)27(23(30)31-24(4,5)6)14-17-8-7-11-26(13-17)22(29)18-9-10-20-19(12-18)25-21(28)16(3)32-20/h9-10,12,15-17H,7-8,11,13-14H2,1-6H3,(H,25,28)/t16-,17-/m1/s1. The molecule has 2 atom stereocenters. The molecule has 0 unspecified atom stereocenters. The van der Waals surface area contributed by atoms with Crippen LogP contribution in [-0.4, -0.2) is 64.2 Å². The normalized spacial score (nSPS) is 21.1. The quantitative estimate of drug-likeness (QED) is 0.708. The molecule has 0 spiro atoms. The Bertz CT molecular complexity index is 880. The lowest BCUT2D eigenvalue weighted by Gasteiger charge is -2.37. The molecule has 7 nitrogen and oxygen atoms in total. The van der Waals surface area contributed by atoms with Gasteiger partial charge in [-0.3, -0.25) is 9.59 Å². The number of ether oxygens (including phenoxy) is 1. The molecule has 1 aromatic rings. The third kappa shape index (κ3) is 5.97. The van der Waals surface area contributed by atoms with Gasteiger partial charge < -0.3 is 19.9 Å². The van der Waals surface area contributed by atoms with Crippen molar-refractivity contribution in [2.24, 2.45) is 5.92 Å². The topological polar surface area (TPSA) is 79.0 Å². The second kappa shape index (κ2) is 9.73. The van der Waals surface area contributed by atoms with E-state index in [0.29, 0.717) is 30.9 Å². The minimum Gasteiger partial charge on any atom is -0.444 e. The number of nitrogens with zero attached hydrogens (tertiary/aromatic N) is 2. The summed E-state index contributed by atoms with van der Waals surface area (Å²) in [6, 6.07) is 5.54. The average Bonchev–Trinajstić information content (AvgIpc) is 2.70. The highest BCUT2D eigenvalue weighted by Gasteiger charge is 2.31. The summed E-state index contributed by atoms with van der Waals surface area (Å²) in [4.78, 5) is 42.5. The molecule has 3 amide bonds. The molecule has 0 radical (unpaired) electrons. The maximum Gasteiger partial charge on any atom is 0.410 e. The minimum absolute atomic E-state index is 0.0140. The predicted octanol–water partition coefficient (Wildman–Crippen LogP) is 4.62. The van der Waals surface area contributed by atoms with Gasteiger partial charge in [-0.2, -0.15) is 0 Å². The number of hydrogen-bond donors (Lipinski definition) is 1. The van der Waals surface area contributed by atoms with E-state index in [1.165, 1.54) is 11.8 Å². The van der Waals surface area contributed by atoms with E-state index in [2.05, 4.69) is 5.32 Å². The van der Waals surface area contributed by atoms with Gasteiger partial charge in [0.2, 0.25) is 5.91 Å². The van der Waals surface area contributed by atoms with Crippen molar-refractivity contribution in [2.45, 2.75) is 76.2 Å². The molecule has 0 bridgehead atoms. The van der Waals surface area contributed by atoms with E-state index in [1.54, 1.807) is 11.0 Å². The van der Waals surface area contributed by atoms with Crippen molar-refractivity contribution in [1.82, 2.24) is 9.80 Å². The zero-order chi connectivity index (χ0) is 23.6. The molecule has 8 heteroatoms. The van der Waals surface area contributed by atoms with Gasteiger partial charge in [0.25, 0.3) is 5.91 Å². The molecule has 32 heavy (non-hydrogen) atoms. The van der Waals surface area contributed by atoms with E-state index in [-0.39, 0.29) is 35.1 Å². The summed E-state index contributed by atoms with van der Waals surface area (Å²) in [5.41, 5.74) is 0.734. The van der Waals surface area contributed by atoms with Gasteiger partial charge in [-0.1, -0.05) is 0 Å². The van der Waals surface area contributed by atoms with Gasteiger partial charge >= 0.3 is 6.09 Å². The van der Waals surface area contributed by atoms with Crippen molar-refractivity contribution in [3.8, 4) is 0 Å². The SMILES string of the molecule is CC(C)N(C[C@@H]1CCCN(C(=O)c2ccc3c(c2)NC(=O)[C@@H](C)S3)C1)C(=O)OC(C)(C)C. The van der Waals surface area contributed by atoms with Gasteiger partial charge in [0.05, 0.1) is 10.9 Å². The molecular formula is C24H35N3O4S. The van der Waals surface area contributed by atoms with Gasteiger partial charge in [-0.15, -0.1) is 11.8 Å². The number of rotatable bonds is 4. The number of carbonyl (C=O) groups excluding carboxylic acids is 3. The van der Waals surface area contributed by atoms with Crippen LogP contribution in [0.15, 0.2) is 23.1 Å². The Hall–Kier alpha value is -2.22. The Balaban J connectivity index is 1.67. The van der Waals surface area contributed by atoms with Crippen LogP contribution in [0.3, 0.4) is 0 Å². The molecule has 2 heterocycles. The number of hydrogen-bond acceptors (Lipinski definition) is 5. The van der Waals surface area contributed by atoms with Crippen molar-refractivity contribution in [3.05, 3.63) is 23.8 Å². The molecular weight excluding hydrogens is 426 g/mol. The number of benzene rings is 1. The summed E-state index contributed by atoms with van der Waals surface area (Å²) in [7, 11) is 0. The van der Waals surface area contributed by atoms with Crippen LogP contribution >= 0.6 is 11.8 Å². The highest BCUT2D eigenvalue weighted by Crippen LogP contribution is 2.36. The lowest BCUT2D eigenvalue weighted by Crippen LogP contribution is -2.48. The lowest BCUT2D eigenvalue weighted by molar-refractivity contribution is -0.115. The fourth-order valence-corrected chi connectivity index (χ4v) is 4.95. The van der Waals surface area contributed by atoms with Crippen LogP contribution in [0.1, 0.15) is 64.7 Å². The lowest BCUT2D eigenvalue weighted by atomic mass is 9.96. The molecule has 0 saturated carbocycles. The molecule has 0 aliphatic carbocycles. The van der Waals surface area contributed by atoms with Crippen LogP contribution in [-0.2, 0) is 9.53 Å². The summed E-state index contributed by atoms with van der Waals surface area (Å²) in [6.07, 6.45) is 1.55. The van der Waals surface area contributed by atoms with Crippen molar-refractivity contribution in [3.63, 3.8) is 0 Å². The Labute approximate surface area is 195 Å². The van der Waals surface area contributed by atoms with Crippen LogP contribution < -0.4 is 5.32 Å². The zero-order valence-electron chi connectivity index (χ0n) is 19.9. The Morgan fingerprint density at radius 2 is 2.03 bits per heavy atom. The summed E-state index contributed by atoms with van der Waals surface area (Å²) in [5.74, 6) is 0.112. The van der Waals surface area contributed by atoms with Crippen molar-refractivity contribution >= 4 is 35.4 Å². The maximum atomic E-state index is 13.2. The molecule has 2 aliphatic heterocycles. The average molecular weight is 462 g/mol. The molecule has 0 aromatic heterocycles. The summed E-state index contributed by atoms with van der Waals surface area (Å²) in [5, 5.41) is 2.76.